The molecule has 1 saturated carbocycles. The maximum atomic E-state index is 12.5. The molecule has 2 aliphatic carbocycles. The highest BCUT2D eigenvalue weighted by Crippen LogP contribution is 2.67. The zero-order valence-electron chi connectivity index (χ0n) is 17.0. The Balaban J connectivity index is 1.79. The first kappa shape index (κ1) is 19.1. The molecule has 0 amide bonds. The number of cyclic esters (lactones) is 1. The smallest absolute Gasteiger partial charge is 0.343 e. The van der Waals surface area contributed by atoms with Crippen molar-refractivity contribution in [2.24, 2.45) is 10.8 Å². The molecule has 2 saturated heterocycles. The summed E-state index contributed by atoms with van der Waals surface area (Å²) in [6.07, 6.45) is 2.38. The third-order valence-corrected chi connectivity index (χ3v) is 12.4. The van der Waals surface area contributed by atoms with Crippen LogP contribution in [0.4, 0.5) is 0 Å². The summed E-state index contributed by atoms with van der Waals surface area (Å²) in [7, 11) is -2.07. The van der Waals surface area contributed by atoms with Gasteiger partial charge in [-0.2, -0.15) is 0 Å². The van der Waals surface area contributed by atoms with Gasteiger partial charge in [-0.15, -0.1) is 0 Å². The fourth-order valence-corrected chi connectivity index (χ4v) is 6.69. The molecular formula is C20H30O6Si. The number of aliphatic hydroxyl groups is 1. The first-order chi connectivity index (χ1) is 12.3. The van der Waals surface area contributed by atoms with E-state index < -0.39 is 36.8 Å². The van der Waals surface area contributed by atoms with E-state index in [0.29, 0.717) is 12.8 Å². The van der Waals surface area contributed by atoms with Gasteiger partial charge in [0.05, 0.1) is 17.9 Å². The fourth-order valence-electron chi connectivity index (χ4n) is 5.31. The lowest BCUT2D eigenvalue weighted by Crippen LogP contribution is -2.69. The fraction of sp³-hybridized carbons (Fsp3) is 0.800. The zero-order chi connectivity index (χ0) is 20.0. The van der Waals surface area contributed by atoms with E-state index in [9.17, 15) is 14.7 Å². The van der Waals surface area contributed by atoms with Crippen molar-refractivity contribution >= 4 is 20.3 Å². The van der Waals surface area contributed by atoms with Gasteiger partial charge < -0.3 is 19.0 Å². The molecule has 0 unspecified atom stereocenters. The van der Waals surface area contributed by atoms with E-state index in [1.807, 2.05) is 6.92 Å². The van der Waals surface area contributed by atoms with Crippen molar-refractivity contribution in [3.05, 3.63) is 11.6 Å². The summed E-state index contributed by atoms with van der Waals surface area (Å²) in [5.74, 6) is -1.06. The number of ether oxygens (including phenoxy) is 2. The van der Waals surface area contributed by atoms with Gasteiger partial charge in [0.2, 0.25) is 5.60 Å². The van der Waals surface area contributed by atoms with Crippen molar-refractivity contribution in [1.82, 2.24) is 0 Å². The summed E-state index contributed by atoms with van der Waals surface area (Å²) in [5.41, 5.74) is -2.28. The van der Waals surface area contributed by atoms with E-state index in [1.165, 1.54) is 0 Å². The highest BCUT2D eigenvalue weighted by Gasteiger charge is 2.76. The number of hydrogen-bond donors (Lipinski definition) is 1. The van der Waals surface area contributed by atoms with Crippen LogP contribution in [0.25, 0.3) is 0 Å². The number of fused-ring (bicyclic) bond motifs is 4. The minimum Gasteiger partial charge on any atom is -0.462 e. The van der Waals surface area contributed by atoms with Gasteiger partial charge >= 0.3 is 11.9 Å². The number of esters is 2. The second-order valence-electron chi connectivity index (χ2n) is 10.4. The van der Waals surface area contributed by atoms with Gasteiger partial charge in [-0.05, 0) is 31.5 Å². The van der Waals surface area contributed by atoms with E-state index in [1.54, 1.807) is 0 Å². The monoisotopic (exact) mass is 394 g/mol. The summed E-state index contributed by atoms with van der Waals surface area (Å²) < 4.78 is 17.6. The third-order valence-electron chi connectivity index (χ3n) is 7.92. The molecule has 4 aliphatic rings. The molecule has 1 N–H and O–H groups in total. The van der Waals surface area contributed by atoms with Crippen LogP contribution in [0.15, 0.2) is 11.6 Å². The Morgan fingerprint density at radius 3 is 2.59 bits per heavy atom. The molecule has 0 aromatic rings. The summed E-state index contributed by atoms with van der Waals surface area (Å²) in [6.45, 7) is 13.0. The van der Waals surface area contributed by atoms with Gasteiger partial charge in [0, 0.05) is 11.8 Å². The molecule has 0 radical (unpaired) electrons. The van der Waals surface area contributed by atoms with Crippen LogP contribution in [-0.4, -0.2) is 49.8 Å². The predicted octanol–water partition coefficient (Wildman–Crippen LogP) is 2.71. The third kappa shape index (κ3) is 2.19. The van der Waals surface area contributed by atoms with Gasteiger partial charge in [-0.3, -0.25) is 4.79 Å². The molecular weight excluding hydrogens is 364 g/mol. The zero-order valence-corrected chi connectivity index (χ0v) is 18.0. The van der Waals surface area contributed by atoms with Crippen molar-refractivity contribution in [2.45, 2.75) is 82.9 Å². The van der Waals surface area contributed by atoms with Crippen LogP contribution < -0.4 is 0 Å². The van der Waals surface area contributed by atoms with Crippen LogP contribution in [0.1, 0.15) is 47.0 Å². The standard InChI is InChI=1S/C20H30O6Si/c1-17(2,3)27(5,6)26-13-8-7-12-18(4)11-24-16(22)20(18,23)14-9-19(12,13)10-15(21)25-14/h7,13-14,23H,8-11H2,1-6H3/t13-,14-,18+,19+,20-/m1/s1. The Hall–Kier alpha value is -1.18. The highest BCUT2D eigenvalue weighted by molar-refractivity contribution is 6.74. The number of rotatable bonds is 2. The second-order valence-corrected chi connectivity index (χ2v) is 15.2. The lowest BCUT2D eigenvalue weighted by atomic mass is 9.51. The van der Waals surface area contributed by atoms with E-state index >= 15 is 0 Å². The molecule has 2 aliphatic heterocycles. The molecule has 27 heavy (non-hydrogen) atoms. The average molecular weight is 395 g/mol. The summed E-state index contributed by atoms with van der Waals surface area (Å²) >= 11 is 0. The van der Waals surface area contributed by atoms with Crippen molar-refractivity contribution in [3.63, 3.8) is 0 Å². The lowest BCUT2D eigenvalue weighted by molar-refractivity contribution is -0.216. The second kappa shape index (κ2) is 5.24. The van der Waals surface area contributed by atoms with Crippen LogP contribution in [-0.2, 0) is 23.5 Å². The van der Waals surface area contributed by atoms with Gasteiger partial charge in [0.25, 0.3) is 0 Å². The topological polar surface area (TPSA) is 82.1 Å². The largest absolute Gasteiger partial charge is 0.462 e. The summed E-state index contributed by atoms with van der Waals surface area (Å²) in [4.78, 5) is 25.0. The molecule has 0 aromatic heterocycles. The van der Waals surface area contributed by atoms with E-state index in [-0.39, 0.29) is 30.1 Å². The van der Waals surface area contributed by atoms with Crippen LogP contribution in [0.2, 0.25) is 18.1 Å². The Morgan fingerprint density at radius 2 is 1.96 bits per heavy atom. The van der Waals surface area contributed by atoms with Crippen molar-refractivity contribution in [1.29, 1.82) is 0 Å². The average Bonchev–Trinajstić information content (AvgIpc) is 2.97. The van der Waals surface area contributed by atoms with E-state index in [0.717, 1.165) is 5.57 Å². The minimum absolute atomic E-state index is 0.0483. The SMILES string of the molecule is CC(C)(C)[Si](C)(C)O[C@@H]1CC=C2[C@]13CC(=O)O[C@H](C3)[C@@]1(O)C(=O)OC[C@@]21C. The van der Waals surface area contributed by atoms with E-state index in [2.05, 4.69) is 39.9 Å². The van der Waals surface area contributed by atoms with Gasteiger partial charge in [0.1, 0.15) is 12.7 Å². The van der Waals surface area contributed by atoms with Crippen LogP contribution in [0.5, 0.6) is 0 Å². The molecule has 2 bridgehead atoms. The number of carbonyl (C=O) groups is 2. The van der Waals surface area contributed by atoms with E-state index in [4.69, 9.17) is 13.9 Å². The molecule has 4 rings (SSSR count). The lowest BCUT2D eigenvalue weighted by Gasteiger charge is -2.57. The Morgan fingerprint density at radius 1 is 1.30 bits per heavy atom. The maximum Gasteiger partial charge on any atom is 0.343 e. The maximum absolute atomic E-state index is 12.5. The molecule has 2 heterocycles. The molecule has 150 valence electrons. The van der Waals surface area contributed by atoms with Crippen LogP contribution in [0.3, 0.4) is 0 Å². The van der Waals surface area contributed by atoms with Crippen molar-refractivity contribution in [3.8, 4) is 0 Å². The highest BCUT2D eigenvalue weighted by atomic mass is 28.4. The Kier molecular flexibility index (Phi) is 3.72. The van der Waals surface area contributed by atoms with Crippen molar-refractivity contribution in [2.75, 3.05) is 6.61 Å². The van der Waals surface area contributed by atoms with Gasteiger partial charge in [-0.25, -0.2) is 4.79 Å². The molecule has 5 atom stereocenters. The Labute approximate surface area is 161 Å². The molecule has 0 aromatic carbocycles. The summed E-state index contributed by atoms with van der Waals surface area (Å²) in [6, 6.07) is 0. The predicted molar refractivity (Wildman–Crippen MR) is 100 cm³/mol. The molecule has 1 spiro atoms. The molecule has 3 fully saturated rings. The number of carbonyl (C=O) groups excluding carboxylic acids is 2. The van der Waals surface area contributed by atoms with Crippen LogP contribution >= 0.6 is 0 Å². The summed E-state index contributed by atoms with van der Waals surface area (Å²) in [5, 5.41) is 11.4. The Bertz CT molecular complexity index is 752. The molecule has 7 heteroatoms. The van der Waals surface area contributed by atoms with Crippen LogP contribution in [0, 0.1) is 10.8 Å². The quantitative estimate of drug-likeness (QED) is 0.441. The normalized spacial score (nSPS) is 43.6. The number of hydrogen-bond acceptors (Lipinski definition) is 6. The first-order valence-corrected chi connectivity index (χ1v) is 12.7. The van der Waals surface area contributed by atoms with Gasteiger partial charge in [-0.1, -0.05) is 32.4 Å². The first-order valence-electron chi connectivity index (χ1n) is 9.76. The van der Waals surface area contributed by atoms with Gasteiger partial charge in [0.15, 0.2) is 8.32 Å². The van der Waals surface area contributed by atoms with Crippen molar-refractivity contribution < 1.29 is 28.6 Å². The minimum atomic E-state index is -2.07. The molecule has 6 nitrogen and oxygen atoms in total.